The Morgan fingerprint density at radius 2 is 1.80 bits per heavy atom. The second-order valence-electron chi connectivity index (χ2n) is 10.5. The Balaban J connectivity index is 1.26. The average Bonchev–Trinajstić information content (AvgIpc) is 2.73. The summed E-state index contributed by atoms with van der Waals surface area (Å²) in [7, 11) is 0. The summed E-state index contributed by atoms with van der Waals surface area (Å²) in [4.78, 5) is 19.5. The first-order valence-corrected chi connectivity index (χ1v) is 12.6. The van der Waals surface area contributed by atoms with E-state index >= 15 is 0 Å². The van der Waals surface area contributed by atoms with Crippen LogP contribution in [0.4, 0.5) is 4.79 Å². The Bertz CT molecular complexity index is 639. The fourth-order valence-electron chi connectivity index (χ4n) is 6.96. The van der Waals surface area contributed by atoms with E-state index in [-0.39, 0.29) is 6.03 Å². The molecule has 4 aliphatic carbocycles. The van der Waals surface area contributed by atoms with E-state index in [1.54, 1.807) is 0 Å². The summed E-state index contributed by atoms with van der Waals surface area (Å²) in [6.45, 7) is 4.82. The monoisotopic (exact) mass is 411 g/mol. The first-order valence-electron chi connectivity index (χ1n) is 12.6. The molecule has 166 valence electrons. The molecule has 4 saturated carbocycles. The summed E-state index contributed by atoms with van der Waals surface area (Å²) in [5.41, 5.74) is 1.66. The molecule has 0 unspecified atom stereocenters. The topological polar surface area (TPSA) is 45.2 Å². The van der Waals surface area contributed by atoms with Crippen LogP contribution in [0, 0.1) is 23.2 Å². The smallest absolute Gasteiger partial charge is 0.317 e. The van der Waals surface area contributed by atoms with Gasteiger partial charge in [-0.05, 0) is 99.5 Å². The number of carbonyl (C=O) groups excluding carboxylic acids is 1. The van der Waals surface area contributed by atoms with Crippen LogP contribution in [0.5, 0.6) is 0 Å². The molecule has 0 spiro atoms. The van der Waals surface area contributed by atoms with Crippen molar-refractivity contribution in [2.45, 2.75) is 84.0 Å². The van der Waals surface area contributed by atoms with Crippen LogP contribution in [-0.2, 0) is 6.42 Å². The standard InChI is InChI=1S/C26H41N3O/c1-2-3-6-13-29(25(30)28-12-7-9-24-8-4-5-11-27-24)14-10-26-18-21-15-22(19-26)17-23(16-21)20-26/h4-5,8,11,21-23H,2-3,6-7,9-10,12-20H2,1H3,(H,28,30). The molecule has 0 saturated heterocycles. The number of unbranched alkanes of at least 4 members (excludes halogenated alkanes) is 2. The normalized spacial score (nSPS) is 29.2. The van der Waals surface area contributed by atoms with Gasteiger partial charge >= 0.3 is 6.03 Å². The van der Waals surface area contributed by atoms with Gasteiger partial charge < -0.3 is 10.2 Å². The van der Waals surface area contributed by atoms with Crippen molar-refractivity contribution in [3.05, 3.63) is 30.1 Å². The van der Waals surface area contributed by atoms with Gasteiger partial charge in [0.05, 0.1) is 0 Å². The van der Waals surface area contributed by atoms with Crippen LogP contribution in [0.3, 0.4) is 0 Å². The maximum atomic E-state index is 13.0. The summed E-state index contributed by atoms with van der Waals surface area (Å²) < 4.78 is 0. The number of pyridine rings is 1. The number of nitrogens with zero attached hydrogens (tertiary/aromatic N) is 2. The fraction of sp³-hybridized carbons (Fsp3) is 0.769. The number of hydrogen-bond donors (Lipinski definition) is 1. The van der Waals surface area contributed by atoms with Crippen LogP contribution >= 0.6 is 0 Å². The zero-order valence-corrected chi connectivity index (χ0v) is 19.0. The molecule has 2 amide bonds. The number of carbonyl (C=O) groups is 1. The minimum atomic E-state index is 0.150. The molecule has 1 heterocycles. The van der Waals surface area contributed by atoms with Gasteiger partial charge in [0.2, 0.25) is 0 Å². The minimum absolute atomic E-state index is 0.150. The Morgan fingerprint density at radius 1 is 1.07 bits per heavy atom. The van der Waals surface area contributed by atoms with E-state index in [9.17, 15) is 4.79 Å². The predicted molar refractivity (Wildman–Crippen MR) is 122 cm³/mol. The SMILES string of the molecule is CCCCCN(CCC12CC3CC(CC(C3)C1)C2)C(=O)NCCCc1ccccn1. The molecule has 4 heteroatoms. The Morgan fingerprint density at radius 3 is 2.43 bits per heavy atom. The van der Waals surface area contributed by atoms with E-state index in [0.29, 0.717) is 5.41 Å². The van der Waals surface area contributed by atoms with Gasteiger partial charge in [0.1, 0.15) is 0 Å². The van der Waals surface area contributed by atoms with Gasteiger partial charge in [-0.15, -0.1) is 0 Å². The van der Waals surface area contributed by atoms with E-state index in [1.807, 2.05) is 18.3 Å². The van der Waals surface area contributed by atoms with Crippen molar-refractivity contribution in [3.8, 4) is 0 Å². The Hall–Kier alpha value is -1.58. The highest BCUT2D eigenvalue weighted by Gasteiger charge is 2.50. The van der Waals surface area contributed by atoms with Crippen molar-refractivity contribution < 1.29 is 4.79 Å². The molecule has 0 atom stereocenters. The maximum Gasteiger partial charge on any atom is 0.317 e. The van der Waals surface area contributed by atoms with E-state index in [2.05, 4.69) is 28.2 Å². The molecule has 0 aromatic carbocycles. The number of rotatable bonds is 11. The predicted octanol–water partition coefficient (Wildman–Crippen LogP) is 5.82. The molecule has 4 fully saturated rings. The largest absolute Gasteiger partial charge is 0.338 e. The van der Waals surface area contributed by atoms with Crippen LogP contribution in [0.15, 0.2) is 24.4 Å². The third-order valence-electron chi connectivity index (χ3n) is 8.01. The summed E-state index contributed by atoms with van der Waals surface area (Å²) in [6, 6.07) is 6.19. The number of aromatic nitrogens is 1. The van der Waals surface area contributed by atoms with Crippen molar-refractivity contribution in [3.63, 3.8) is 0 Å². The summed E-state index contributed by atoms with van der Waals surface area (Å²) in [5, 5.41) is 3.20. The third-order valence-corrected chi connectivity index (χ3v) is 8.01. The summed E-state index contributed by atoms with van der Waals surface area (Å²) >= 11 is 0. The van der Waals surface area contributed by atoms with Gasteiger partial charge in [-0.1, -0.05) is 25.8 Å². The molecule has 4 bridgehead atoms. The number of amides is 2. The van der Waals surface area contributed by atoms with Crippen molar-refractivity contribution in [2.75, 3.05) is 19.6 Å². The first-order chi connectivity index (χ1) is 14.7. The van der Waals surface area contributed by atoms with Gasteiger partial charge in [-0.2, -0.15) is 0 Å². The molecule has 5 rings (SSSR count). The quantitative estimate of drug-likeness (QED) is 0.466. The number of aryl methyl sites for hydroxylation is 1. The summed E-state index contributed by atoms with van der Waals surface area (Å²) in [5.74, 6) is 2.97. The lowest BCUT2D eigenvalue weighted by molar-refractivity contribution is -0.0596. The molecule has 4 nitrogen and oxygen atoms in total. The lowest BCUT2D eigenvalue weighted by atomic mass is 9.49. The van der Waals surface area contributed by atoms with E-state index < -0.39 is 0 Å². The molecule has 4 aliphatic rings. The highest BCUT2D eigenvalue weighted by atomic mass is 16.2. The lowest BCUT2D eigenvalue weighted by Gasteiger charge is -2.57. The van der Waals surface area contributed by atoms with Crippen molar-refractivity contribution in [2.24, 2.45) is 23.2 Å². The molecular weight excluding hydrogens is 370 g/mol. The van der Waals surface area contributed by atoms with E-state index in [4.69, 9.17) is 0 Å². The third kappa shape index (κ3) is 5.56. The van der Waals surface area contributed by atoms with Gasteiger partial charge in [-0.25, -0.2) is 4.79 Å². The zero-order valence-electron chi connectivity index (χ0n) is 19.0. The lowest BCUT2D eigenvalue weighted by Crippen LogP contribution is -2.48. The second-order valence-corrected chi connectivity index (χ2v) is 10.5. The second kappa shape index (κ2) is 10.2. The van der Waals surface area contributed by atoms with Gasteiger partial charge in [-0.3, -0.25) is 4.98 Å². The number of hydrogen-bond acceptors (Lipinski definition) is 2. The molecule has 0 radical (unpaired) electrons. The van der Waals surface area contributed by atoms with Crippen LogP contribution in [0.2, 0.25) is 0 Å². The van der Waals surface area contributed by atoms with Gasteiger partial charge in [0.25, 0.3) is 0 Å². The highest BCUT2D eigenvalue weighted by Crippen LogP contribution is 2.61. The Kier molecular flexibility index (Phi) is 7.32. The molecule has 0 aliphatic heterocycles. The van der Waals surface area contributed by atoms with Crippen LogP contribution < -0.4 is 5.32 Å². The maximum absolute atomic E-state index is 13.0. The van der Waals surface area contributed by atoms with Crippen LogP contribution in [0.1, 0.15) is 83.2 Å². The molecule has 1 N–H and O–H groups in total. The zero-order chi connectivity index (χ0) is 20.8. The molecule has 1 aromatic heterocycles. The van der Waals surface area contributed by atoms with Gasteiger partial charge in [0, 0.05) is 31.5 Å². The van der Waals surface area contributed by atoms with Crippen molar-refractivity contribution >= 4 is 6.03 Å². The first kappa shape index (κ1) is 21.6. The Labute approximate surface area is 183 Å². The van der Waals surface area contributed by atoms with Crippen molar-refractivity contribution in [1.29, 1.82) is 0 Å². The molecule has 30 heavy (non-hydrogen) atoms. The molecule has 1 aromatic rings. The highest BCUT2D eigenvalue weighted by molar-refractivity contribution is 5.74. The van der Waals surface area contributed by atoms with Crippen molar-refractivity contribution in [1.82, 2.24) is 15.2 Å². The van der Waals surface area contributed by atoms with E-state index in [0.717, 1.165) is 62.3 Å². The minimum Gasteiger partial charge on any atom is -0.338 e. The number of nitrogens with one attached hydrogen (secondary N) is 1. The molecular formula is C26H41N3O. The summed E-state index contributed by atoms with van der Waals surface area (Å²) in [6.07, 6.45) is 17.3. The van der Waals surface area contributed by atoms with Crippen LogP contribution in [0.25, 0.3) is 0 Å². The van der Waals surface area contributed by atoms with Gasteiger partial charge in [0.15, 0.2) is 0 Å². The fourth-order valence-corrected chi connectivity index (χ4v) is 6.96. The number of urea groups is 1. The average molecular weight is 412 g/mol. The van der Waals surface area contributed by atoms with E-state index in [1.165, 1.54) is 57.8 Å². The van der Waals surface area contributed by atoms with Crippen LogP contribution in [-0.4, -0.2) is 35.5 Å².